The zero-order valence-electron chi connectivity index (χ0n) is 13.0. The summed E-state index contributed by atoms with van der Waals surface area (Å²) in [5.41, 5.74) is 0. The highest BCUT2D eigenvalue weighted by atomic mass is 16.2. The number of hydrogen-bond donors (Lipinski definition) is 2. The van der Waals surface area contributed by atoms with E-state index in [1.54, 1.807) is 11.9 Å². The molecule has 0 bridgehead atoms. The second-order valence-electron chi connectivity index (χ2n) is 4.83. The number of anilines is 2. The van der Waals surface area contributed by atoms with Crippen LogP contribution in [0.3, 0.4) is 0 Å². The Morgan fingerprint density at radius 1 is 1.35 bits per heavy atom. The second kappa shape index (κ2) is 7.67. The topological polar surface area (TPSA) is 70.2 Å². The van der Waals surface area contributed by atoms with Crippen molar-refractivity contribution in [3.8, 4) is 0 Å². The first-order chi connectivity index (χ1) is 9.47. The van der Waals surface area contributed by atoms with Gasteiger partial charge in [-0.2, -0.15) is 0 Å². The highest BCUT2D eigenvalue weighted by molar-refractivity contribution is 5.83. The van der Waals surface area contributed by atoms with Crippen LogP contribution in [0.25, 0.3) is 0 Å². The molecule has 0 aliphatic rings. The van der Waals surface area contributed by atoms with E-state index in [4.69, 9.17) is 0 Å². The summed E-state index contributed by atoms with van der Waals surface area (Å²) in [6.07, 6.45) is 1.03. The van der Waals surface area contributed by atoms with Crippen LogP contribution in [0, 0.1) is 6.92 Å². The number of nitrogens with zero attached hydrogens (tertiary/aromatic N) is 3. The van der Waals surface area contributed by atoms with E-state index in [0.29, 0.717) is 18.2 Å². The van der Waals surface area contributed by atoms with Crippen molar-refractivity contribution in [2.45, 2.75) is 40.2 Å². The molecule has 0 fully saturated rings. The number of likely N-dealkylation sites (N-methyl/N-ethyl adjacent to an activating group) is 1. The number of amides is 1. The molecule has 0 aliphatic carbocycles. The molecule has 0 saturated heterocycles. The number of hydrogen-bond acceptors (Lipinski definition) is 5. The van der Waals surface area contributed by atoms with Gasteiger partial charge in [-0.05, 0) is 27.2 Å². The highest BCUT2D eigenvalue weighted by Crippen LogP contribution is 2.12. The Bertz CT molecular complexity index is 449. The predicted octanol–water partition coefficient (Wildman–Crippen LogP) is 1.89. The highest BCUT2D eigenvalue weighted by Gasteiger charge is 2.16. The fraction of sp³-hybridized carbons (Fsp3) is 0.643. The summed E-state index contributed by atoms with van der Waals surface area (Å²) < 4.78 is 0. The Balaban J connectivity index is 2.76. The molecule has 0 radical (unpaired) electrons. The van der Waals surface area contributed by atoms with E-state index < -0.39 is 0 Å². The van der Waals surface area contributed by atoms with Crippen molar-refractivity contribution in [2.75, 3.05) is 30.8 Å². The first-order valence-corrected chi connectivity index (χ1v) is 7.09. The van der Waals surface area contributed by atoms with Gasteiger partial charge in [-0.25, -0.2) is 9.97 Å². The van der Waals surface area contributed by atoms with Crippen LogP contribution in [0.2, 0.25) is 0 Å². The minimum atomic E-state index is -0.312. The molecule has 1 heterocycles. The fourth-order valence-electron chi connectivity index (χ4n) is 1.76. The largest absolute Gasteiger partial charge is 0.370 e. The lowest BCUT2D eigenvalue weighted by Gasteiger charge is -2.21. The maximum absolute atomic E-state index is 12.0. The molecule has 1 rings (SSSR count). The van der Waals surface area contributed by atoms with E-state index >= 15 is 0 Å². The van der Waals surface area contributed by atoms with Crippen molar-refractivity contribution in [3.63, 3.8) is 0 Å². The normalized spacial score (nSPS) is 11.8. The predicted molar refractivity (Wildman–Crippen MR) is 81.9 cm³/mol. The summed E-state index contributed by atoms with van der Waals surface area (Å²) in [4.78, 5) is 22.3. The SMILES string of the molecule is CCCNc1cc(NC(C)C(=O)N(C)CC)nc(C)n1. The fourth-order valence-corrected chi connectivity index (χ4v) is 1.76. The Labute approximate surface area is 121 Å². The monoisotopic (exact) mass is 279 g/mol. The third-order valence-corrected chi connectivity index (χ3v) is 2.98. The molecular weight excluding hydrogens is 254 g/mol. The van der Waals surface area contributed by atoms with E-state index in [2.05, 4.69) is 27.5 Å². The minimum Gasteiger partial charge on any atom is -0.370 e. The average molecular weight is 279 g/mol. The summed E-state index contributed by atoms with van der Waals surface area (Å²) in [7, 11) is 1.79. The Hall–Kier alpha value is -1.85. The third-order valence-electron chi connectivity index (χ3n) is 2.98. The zero-order valence-corrected chi connectivity index (χ0v) is 13.0. The molecule has 0 saturated carbocycles. The number of rotatable bonds is 7. The molecule has 0 aromatic carbocycles. The first kappa shape index (κ1) is 16.2. The molecule has 20 heavy (non-hydrogen) atoms. The molecule has 112 valence electrons. The Morgan fingerprint density at radius 2 is 2.00 bits per heavy atom. The number of aromatic nitrogens is 2. The van der Waals surface area contributed by atoms with E-state index in [1.807, 2.05) is 26.8 Å². The van der Waals surface area contributed by atoms with Gasteiger partial charge in [0.15, 0.2) is 0 Å². The van der Waals surface area contributed by atoms with Gasteiger partial charge >= 0.3 is 0 Å². The van der Waals surface area contributed by atoms with Crippen LogP contribution in [0.5, 0.6) is 0 Å². The van der Waals surface area contributed by atoms with Gasteiger partial charge in [0.25, 0.3) is 0 Å². The zero-order chi connectivity index (χ0) is 15.1. The molecule has 1 amide bonds. The molecule has 0 aliphatic heterocycles. The third kappa shape index (κ3) is 4.68. The minimum absolute atomic E-state index is 0.0480. The van der Waals surface area contributed by atoms with Crippen molar-refractivity contribution >= 4 is 17.5 Å². The molecule has 0 spiro atoms. The van der Waals surface area contributed by atoms with Crippen LogP contribution >= 0.6 is 0 Å². The maximum atomic E-state index is 12.0. The van der Waals surface area contributed by atoms with Gasteiger partial charge in [-0.3, -0.25) is 4.79 Å². The first-order valence-electron chi connectivity index (χ1n) is 7.09. The van der Waals surface area contributed by atoms with Crippen LogP contribution < -0.4 is 10.6 Å². The van der Waals surface area contributed by atoms with Crippen molar-refractivity contribution in [3.05, 3.63) is 11.9 Å². The van der Waals surface area contributed by atoms with Crippen LogP contribution in [-0.2, 0) is 4.79 Å². The molecule has 6 nitrogen and oxygen atoms in total. The average Bonchev–Trinajstić information content (AvgIpc) is 2.42. The van der Waals surface area contributed by atoms with E-state index in [0.717, 1.165) is 18.8 Å². The lowest BCUT2D eigenvalue weighted by atomic mass is 10.3. The lowest BCUT2D eigenvalue weighted by Crippen LogP contribution is -2.39. The number of nitrogens with one attached hydrogen (secondary N) is 2. The number of aryl methyl sites for hydroxylation is 1. The van der Waals surface area contributed by atoms with E-state index in [9.17, 15) is 4.79 Å². The molecule has 1 unspecified atom stereocenters. The van der Waals surface area contributed by atoms with E-state index in [-0.39, 0.29) is 11.9 Å². The van der Waals surface area contributed by atoms with Crippen LogP contribution in [0.15, 0.2) is 6.07 Å². The van der Waals surface area contributed by atoms with Gasteiger partial charge in [-0.15, -0.1) is 0 Å². The van der Waals surface area contributed by atoms with Crippen molar-refractivity contribution in [2.24, 2.45) is 0 Å². The van der Waals surface area contributed by atoms with Crippen LogP contribution in [0.4, 0.5) is 11.6 Å². The van der Waals surface area contributed by atoms with Gasteiger partial charge in [-0.1, -0.05) is 6.92 Å². The molecule has 6 heteroatoms. The van der Waals surface area contributed by atoms with Gasteiger partial charge in [0.05, 0.1) is 0 Å². The van der Waals surface area contributed by atoms with Gasteiger partial charge in [0.1, 0.15) is 23.5 Å². The number of carbonyl (C=O) groups excluding carboxylic acids is 1. The maximum Gasteiger partial charge on any atom is 0.244 e. The molecule has 1 aromatic heterocycles. The van der Waals surface area contributed by atoms with E-state index in [1.165, 1.54) is 0 Å². The number of carbonyl (C=O) groups is 1. The van der Waals surface area contributed by atoms with Crippen LogP contribution in [0.1, 0.15) is 33.0 Å². The summed E-state index contributed by atoms with van der Waals surface area (Å²) in [5.74, 6) is 2.18. The lowest BCUT2D eigenvalue weighted by molar-refractivity contribution is -0.130. The molecule has 2 N–H and O–H groups in total. The molecule has 1 aromatic rings. The van der Waals surface area contributed by atoms with Gasteiger partial charge in [0.2, 0.25) is 5.91 Å². The van der Waals surface area contributed by atoms with Gasteiger partial charge in [0, 0.05) is 26.2 Å². The quantitative estimate of drug-likeness (QED) is 0.797. The Kier molecular flexibility index (Phi) is 6.21. The van der Waals surface area contributed by atoms with Crippen LogP contribution in [-0.4, -0.2) is 47.0 Å². The molecule has 1 atom stereocenters. The van der Waals surface area contributed by atoms with Crippen molar-refractivity contribution < 1.29 is 4.79 Å². The van der Waals surface area contributed by atoms with Gasteiger partial charge < -0.3 is 15.5 Å². The molecular formula is C14H25N5O. The summed E-state index contributed by atoms with van der Waals surface area (Å²) in [6, 6.07) is 1.52. The second-order valence-corrected chi connectivity index (χ2v) is 4.83. The summed E-state index contributed by atoms with van der Waals surface area (Å²) in [5, 5.41) is 6.36. The Morgan fingerprint density at radius 3 is 2.60 bits per heavy atom. The standard InChI is InChI=1S/C14H25N5O/c1-6-8-15-12-9-13(18-11(4)17-12)16-10(3)14(20)19(5)7-2/h9-10H,6-8H2,1-5H3,(H2,15,16,17,18). The summed E-state index contributed by atoms with van der Waals surface area (Å²) >= 11 is 0. The van der Waals surface area contributed by atoms with Crippen molar-refractivity contribution in [1.29, 1.82) is 0 Å². The van der Waals surface area contributed by atoms with Crippen molar-refractivity contribution in [1.82, 2.24) is 14.9 Å². The summed E-state index contributed by atoms with van der Waals surface area (Å²) in [6.45, 7) is 9.28. The smallest absolute Gasteiger partial charge is 0.244 e.